The molecule has 0 unspecified atom stereocenters. The molecule has 1 atom stereocenters. The third-order valence-corrected chi connectivity index (χ3v) is 3.63. The van der Waals surface area contributed by atoms with Crippen molar-refractivity contribution in [3.8, 4) is 17.2 Å². The van der Waals surface area contributed by atoms with Crippen LogP contribution in [-0.4, -0.2) is 56.8 Å². The van der Waals surface area contributed by atoms with Crippen molar-refractivity contribution >= 4 is 24.8 Å². The Balaban J connectivity index is 0.00000242. The van der Waals surface area contributed by atoms with Crippen molar-refractivity contribution < 1.29 is 23.4 Å². The van der Waals surface area contributed by atoms with Gasteiger partial charge in [-0.05, 0) is 0 Å². The minimum atomic E-state index is -2.63. The number of phenolic OH excluding ortho intramolecular Hbond substituents is 1. The minimum absolute atomic E-state index is 0. The van der Waals surface area contributed by atoms with Crippen LogP contribution in [0.2, 0.25) is 0 Å². The number of hydrogen-bond acceptors (Lipinski definition) is 5. The van der Waals surface area contributed by atoms with E-state index in [1.165, 1.54) is 26.4 Å². The molecule has 1 aliphatic rings. The first kappa shape index (κ1) is 22.0. The summed E-state index contributed by atoms with van der Waals surface area (Å²) >= 11 is 0. The van der Waals surface area contributed by atoms with Crippen LogP contribution < -0.4 is 14.8 Å². The molecule has 5 nitrogen and oxygen atoms in total. The van der Waals surface area contributed by atoms with E-state index in [0.29, 0.717) is 31.9 Å². The highest BCUT2D eigenvalue weighted by Gasteiger charge is 2.34. The van der Waals surface area contributed by atoms with Crippen LogP contribution in [0.25, 0.3) is 0 Å². The van der Waals surface area contributed by atoms with Crippen molar-refractivity contribution in [2.45, 2.75) is 12.5 Å². The van der Waals surface area contributed by atoms with Gasteiger partial charge < -0.3 is 19.9 Å². The Hall–Kier alpha value is -1.02. The van der Waals surface area contributed by atoms with Crippen molar-refractivity contribution in [1.29, 1.82) is 0 Å². The first-order chi connectivity index (χ1) is 10.1. The standard InChI is InChI=1S/C14H20F2N2O3.2ClH/c1-20-9-7-10(19)12(11(8-9)21-2)13(14(15)16)18-5-3-17-4-6-18;;/h7-8,13-14,17,19H,3-6H2,1-2H3;2*1H/t13-;;/m1../s1. The van der Waals surface area contributed by atoms with E-state index < -0.39 is 12.5 Å². The quantitative estimate of drug-likeness (QED) is 0.828. The number of rotatable bonds is 5. The first-order valence-electron chi connectivity index (χ1n) is 6.76. The van der Waals surface area contributed by atoms with Crippen LogP contribution in [0.4, 0.5) is 8.78 Å². The Labute approximate surface area is 146 Å². The number of ether oxygens (including phenoxy) is 2. The molecule has 2 N–H and O–H groups in total. The van der Waals surface area contributed by atoms with Crippen LogP contribution in [0.15, 0.2) is 12.1 Å². The molecule has 0 bridgehead atoms. The van der Waals surface area contributed by atoms with Gasteiger partial charge in [-0.3, -0.25) is 4.90 Å². The summed E-state index contributed by atoms with van der Waals surface area (Å²) in [7, 11) is 2.83. The highest BCUT2D eigenvalue weighted by molar-refractivity contribution is 5.85. The van der Waals surface area contributed by atoms with Crippen molar-refractivity contribution in [1.82, 2.24) is 10.2 Å². The monoisotopic (exact) mass is 374 g/mol. The Morgan fingerprint density at radius 2 is 1.74 bits per heavy atom. The topological polar surface area (TPSA) is 54.0 Å². The van der Waals surface area contributed by atoms with E-state index in [4.69, 9.17) is 9.47 Å². The molecule has 0 spiro atoms. The lowest BCUT2D eigenvalue weighted by atomic mass is 10.0. The van der Waals surface area contributed by atoms with Crippen molar-refractivity contribution in [2.24, 2.45) is 0 Å². The summed E-state index contributed by atoms with van der Waals surface area (Å²) in [6.45, 7) is 2.26. The largest absolute Gasteiger partial charge is 0.507 e. The van der Waals surface area contributed by atoms with Crippen LogP contribution in [-0.2, 0) is 0 Å². The predicted octanol–water partition coefficient (Wildman–Crippen LogP) is 2.46. The molecule has 9 heteroatoms. The fourth-order valence-electron chi connectivity index (χ4n) is 2.60. The Morgan fingerprint density at radius 1 is 1.13 bits per heavy atom. The number of alkyl halides is 2. The summed E-state index contributed by atoms with van der Waals surface area (Å²) in [6.07, 6.45) is -2.63. The summed E-state index contributed by atoms with van der Waals surface area (Å²) in [5.74, 6) is 0.326. The lowest BCUT2D eigenvalue weighted by molar-refractivity contribution is 0.0158. The Kier molecular flexibility index (Phi) is 9.53. The molecule has 1 aliphatic heterocycles. The van der Waals surface area contributed by atoms with Gasteiger partial charge in [0.25, 0.3) is 6.43 Å². The zero-order chi connectivity index (χ0) is 15.4. The second kappa shape index (κ2) is 9.97. The molecule has 1 aromatic rings. The number of piperazine rings is 1. The molecule has 1 saturated heterocycles. The van der Waals surface area contributed by atoms with Crippen LogP contribution in [0.1, 0.15) is 11.6 Å². The Bertz CT molecular complexity index is 489. The van der Waals surface area contributed by atoms with Gasteiger partial charge in [0.05, 0.1) is 19.8 Å². The number of nitrogens with zero attached hydrogens (tertiary/aromatic N) is 1. The average Bonchev–Trinajstić information content (AvgIpc) is 2.49. The van der Waals surface area contributed by atoms with Gasteiger partial charge in [-0.15, -0.1) is 24.8 Å². The van der Waals surface area contributed by atoms with Gasteiger partial charge in [0, 0.05) is 38.3 Å². The van der Waals surface area contributed by atoms with E-state index in [9.17, 15) is 13.9 Å². The fourth-order valence-corrected chi connectivity index (χ4v) is 2.60. The molecule has 23 heavy (non-hydrogen) atoms. The molecule has 0 saturated carbocycles. The van der Waals surface area contributed by atoms with Gasteiger partial charge >= 0.3 is 0 Å². The van der Waals surface area contributed by atoms with Gasteiger partial charge in [0.1, 0.15) is 23.3 Å². The van der Waals surface area contributed by atoms with Crippen molar-refractivity contribution in [3.05, 3.63) is 17.7 Å². The smallest absolute Gasteiger partial charge is 0.258 e. The summed E-state index contributed by atoms with van der Waals surface area (Å²) in [5, 5.41) is 13.3. The first-order valence-corrected chi connectivity index (χ1v) is 6.76. The molecule has 2 rings (SSSR count). The summed E-state index contributed by atoms with van der Waals surface area (Å²) < 4.78 is 37.4. The Morgan fingerprint density at radius 3 is 2.22 bits per heavy atom. The maximum atomic E-state index is 13.6. The van der Waals surface area contributed by atoms with Crippen LogP contribution in [0.5, 0.6) is 17.2 Å². The van der Waals surface area contributed by atoms with Gasteiger partial charge in [0.2, 0.25) is 0 Å². The number of hydrogen-bond donors (Lipinski definition) is 2. The summed E-state index contributed by atoms with van der Waals surface area (Å²) in [4.78, 5) is 1.66. The van der Waals surface area contributed by atoms with E-state index in [2.05, 4.69) is 5.32 Å². The van der Waals surface area contributed by atoms with Gasteiger partial charge in [-0.2, -0.15) is 0 Å². The number of methoxy groups -OCH3 is 2. The lowest BCUT2D eigenvalue weighted by Gasteiger charge is -2.35. The predicted molar refractivity (Wildman–Crippen MR) is 88.9 cm³/mol. The number of aromatic hydroxyl groups is 1. The molecule has 134 valence electrons. The zero-order valence-corrected chi connectivity index (χ0v) is 14.6. The van der Waals surface area contributed by atoms with E-state index in [0.717, 1.165) is 0 Å². The van der Waals surface area contributed by atoms with Gasteiger partial charge in [-0.1, -0.05) is 0 Å². The zero-order valence-electron chi connectivity index (χ0n) is 12.9. The lowest BCUT2D eigenvalue weighted by Crippen LogP contribution is -2.47. The van der Waals surface area contributed by atoms with Crippen molar-refractivity contribution in [3.63, 3.8) is 0 Å². The fraction of sp³-hybridized carbons (Fsp3) is 0.571. The number of nitrogens with one attached hydrogen (secondary N) is 1. The highest BCUT2D eigenvalue weighted by Crippen LogP contribution is 2.42. The molecule has 1 heterocycles. The third kappa shape index (κ3) is 4.97. The van der Waals surface area contributed by atoms with Crippen molar-refractivity contribution in [2.75, 3.05) is 40.4 Å². The molecular formula is C14H22Cl2F2N2O3. The van der Waals surface area contributed by atoms with E-state index in [1.54, 1.807) is 4.90 Å². The summed E-state index contributed by atoms with van der Waals surface area (Å²) in [6, 6.07) is 1.63. The van der Waals surface area contributed by atoms with E-state index in [-0.39, 0.29) is 41.9 Å². The summed E-state index contributed by atoms with van der Waals surface area (Å²) in [5.41, 5.74) is 0.107. The molecule has 0 amide bonds. The molecule has 1 aromatic carbocycles. The van der Waals surface area contributed by atoms with Crippen LogP contribution in [0.3, 0.4) is 0 Å². The third-order valence-electron chi connectivity index (χ3n) is 3.63. The molecule has 0 radical (unpaired) electrons. The second-order valence-electron chi connectivity index (χ2n) is 4.83. The highest BCUT2D eigenvalue weighted by atomic mass is 35.5. The second-order valence-corrected chi connectivity index (χ2v) is 4.83. The van der Waals surface area contributed by atoms with Gasteiger partial charge in [0.15, 0.2) is 0 Å². The molecule has 0 aliphatic carbocycles. The maximum Gasteiger partial charge on any atom is 0.258 e. The normalized spacial score (nSPS) is 16.2. The van der Waals surface area contributed by atoms with Gasteiger partial charge in [-0.25, -0.2) is 8.78 Å². The number of halogens is 4. The average molecular weight is 375 g/mol. The maximum absolute atomic E-state index is 13.6. The molecule has 0 aromatic heterocycles. The number of benzene rings is 1. The van der Waals surface area contributed by atoms with E-state index >= 15 is 0 Å². The number of phenols is 1. The van der Waals surface area contributed by atoms with E-state index in [1.807, 2.05) is 0 Å². The minimum Gasteiger partial charge on any atom is -0.507 e. The molecule has 1 fully saturated rings. The SMILES string of the molecule is COc1cc(O)c([C@H](C(F)F)N2CCNCC2)c(OC)c1.Cl.Cl. The van der Waals surface area contributed by atoms with Crippen LogP contribution >= 0.6 is 24.8 Å². The molecular weight excluding hydrogens is 353 g/mol. The van der Waals surface area contributed by atoms with Crippen LogP contribution in [0, 0.1) is 0 Å².